The van der Waals surface area contributed by atoms with Gasteiger partial charge in [0.05, 0.1) is 0 Å². The number of aliphatic hydroxyl groups is 2. The van der Waals surface area contributed by atoms with Gasteiger partial charge in [-0.15, -0.1) is 0 Å². The zero-order chi connectivity index (χ0) is 19.3. The van der Waals surface area contributed by atoms with Gasteiger partial charge in [-0.25, -0.2) is 0 Å². The molecule has 0 spiro atoms. The van der Waals surface area contributed by atoms with Crippen molar-refractivity contribution in [2.45, 2.75) is 37.5 Å². The van der Waals surface area contributed by atoms with Crippen molar-refractivity contribution in [2.24, 2.45) is 11.8 Å². The van der Waals surface area contributed by atoms with Gasteiger partial charge < -0.3 is 10.2 Å². The zero-order valence-corrected chi connectivity index (χ0v) is 16.4. The van der Waals surface area contributed by atoms with Crippen LogP contribution in [-0.2, 0) is 0 Å². The fourth-order valence-corrected chi connectivity index (χ4v) is 5.00. The first-order chi connectivity index (χ1) is 13.8. The quantitative estimate of drug-likeness (QED) is 0.754. The van der Waals surface area contributed by atoms with E-state index < -0.39 is 0 Å². The molecule has 2 N–H and O–H groups in total. The van der Waals surface area contributed by atoms with Gasteiger partial charge in [0.15, 0.2) is 0 Å². The lowest BCUT2D eigenvalue weighted by Crippen LogP contribution is -2.24. The van der Waals surface area contributed by atoms with E-state index in [4.69, 9.17) is 0 Å². The van der Waals surface area contributed by atoms with E-state index >= 15 is 0 Å². The largest absolute Gasteiger partial charge is 0.396 e. The molecule has 0 saturated carbocycles. The molecule has 0 bridgehead atoms. The first kappa shape index (κ1) is 19.2. The fraction of sp³-hybridized carbons (Fsp3) is 0.385. The molecule has 2 nitrogen and oxygen atoms in total. The average Bonchev–Trinajstić information content (AvgIpc) is 2.79. The van der Waals surface area contributed by atoms with E-state index in [-0.39, 0.29) is 13.2 Å². The van der Waals surface area contributed by atoms with Gasteiger partial charge in [-0.3, -0.25) is 0 Å². The maximum Gasteiger partial charge on any atom is 0.0468 e. The molecule has 2 heteroatoms. The Morgan fingerprint density at radius 3 is 1.36 bits per heavy atom. The number of rotatable bonds is 5. The molecule has 0 radical (unpaired) electrons. The van der Waals surface area contributed by atoms with Crippen LogP contribution in [0, 0.1) is 11.8 Å². The van der Waals surface area contributed by atoms with Crippen molar-refractivity contribution in [3.8, 4) is 0 Å². The maximum absolute atomic E-state index is 9.91. The van der Waals surface area contributed by atoms with Crippen LogP contribution in [0.3, 0.4) is 0 Å². The van der Waals surface area contributed by atoms with Crippen molar-refractivity contribution in [3.63, 3.8) is 0 Å². The molecule has 0 aliphatic heterocycles. The molecule has 2 aromatic rings. The lowest BCUT2D eigenvalue weighted by Gasteiger charge is -2.35. The molecule has 146 valence electrons. The first-order valence-corrected chi connectivity index (χ1v) is 10.5. The predicted octanol–water partition coefficient (Wildman–Crippen LogP) is 5.21. The first-order valence-electron chi connectivity index (χ1n) is 10.5. The molecule has 0 amide bonds. The third-order valence-electron chi connectivity index (χ3n) is 6.69. The second kappa shape index (κ2) is 8.89. The van der Waals surface area contributed by atoms with E-state index in [9.17, 15) is 10.2 Å². The highest BCUT2D eigenvalue weighted by molar-refractivity contribution is 5.40. The maximum atomic E-state index is 9.91. The Labute approximate surface area is 168 Å². The van der Waals surface area contributed by atoms with Crippen molar-refractivity contribution in [2.75, 3.05) is 13.2 Å². The van der Waals surface area contributed by atoms with Crippen LogP contribution >= 0.6 is 0 Å². The third-order valence-corrected chi connectivity index (χ3v) is 6.69. The molecule has 2 aliphatic rings. The summed E-state index contributed by atoms with van der Waals surface area (Å²) in [6, 6.07) is 21.3. The van der Waals surface area contributed by atoms with Gasteiger partial charge in [-0.2, -0.15) is 0 Å². The lowest BCUT2D eigenvalue weighted by atomic mass is 9.70. The summed E-state index contributed by atoms with van der Waals surface area (Å²) < 4.78 is 0. The molecule has 4 rings (SSSR count). The van der Waals surface area contributed by atoms with Gasteiger partial charge in [0.1, 0.15) is 0 Å². The number of benzene rings is 2. The predicted molar refractivity (Wildman–Crippen MR) is 114 cm³/mol. The topological polar surface area (TPSA) is 40.5 Å². The van der Waals surface area contributed by atoms with Gasteiger partial charge in [0.2, 0.25) is 0 Å². The van der Waals surface area contributed by atoms with Crippen LogP contribution < -0.4 is 0 Å². The van der Waals surface area contributed by atoms with E-state index in [0.29, 0.717) is 23.7 Å². The van der Waals surface area contributed by atoms with Crippen LogP contribution in [-0.4, -0.2) is 23.4 Å². The van der Waals surface area contributed by atoms with E-state index in [1.54, 1.807) is 0 Å². The van der Waals surface area contributed by atoms with Gasteiger partial charge >= 0.3 is 0 Å². The summed E-state index contributed by atoms with van der Waals surface area (Å²) >= 11 is 0. The van der Waals surface area contributed by atoms with Crippen molar-refractivity contribution < 1.29 is 10.2 Å². The molecule has 2 aromatic carbocycles. The van der Waals surface area contributed by atoms with Crippen molar-refractivity contribution in [1.29, 1.82) is 0 Å². The summed E-state index contributed by atoms with van der Waals surface area (Å²) in [6.07, 6.45) is 8.56. The minimum atomic E-state index is 0.238. The molecule has 0 saturated heterocycles. The van der Waals surface area contributed by atoms with E-state index in [2.05, 4.69) is 72.8 Å². The third kappa shape index (κ3) is 3.99. The van der Waals surface area contributed by atoms with Crippen molar-refractivity contribution in [3.05, 3.63) is 95.1 Å². The Balaban J connectivity index is 1.58. The van der Waals surface area contributed by atoms with Crippen LogP contribution in [0.5, 0.6) is 0 Å². The molecule has 4 atom stereocenters. The number of aliphatic hydroxyl groups excluding tert-OH is 2. The van der Waals surface area contributed by atoms with Gasteiger partial charge in [-0.1, -0.05) is 72.8 Å². The Bertz CT molecular complexity index is 751. The molecule has 0 fully saturated rings. The summed E-state index contributed by atoms with van der Waals surface area (Å²) in [5, 5.41) is 19.8. The van der Waals surface area contributed by atoms with Crippen LogP contribution in [0.15, 0.2) is 84.0 Å². The van der Waals surface area contributed by atoms with Crippen LogP contribution in [0.25, 0.3) is 0 Å². The van der Waals surface area contributed by atoms with Gasteiger partial charge in [-0.05, 0) is 71.6 Å². The van der Waals surface area contributed by atoms with Crippen LogP contribution in [0.1, 0.15) is 48.6 Å². The second-order valence-corrected chi connectivity index (χ2v) is 8.26. The minimum absolute atomic E-state index is 0.238. The summed E-state index contributed by atoms with van der Waals surface area (Å²) in [7, 11) is 0. The average molecular weight is 375 g/mol. The minimum Gasteiger partial charge on any atom is -0.396 e. The Kier molecular flexibility index (Phi) is 6.09. The molecule has 28 heavy (non-hydrogen) atoms. The molecule has 0 aromatic heterocycles. The van der Waals surface area contributed by atoms with Gasteiger partial charge in [0.25, 0.3) is 0 Å². The Hall–Kier alpha value is -2.16. The molecular formula is C26H30O2. The number of hydrogen-bond acceptors (Lipinski definition) is 2. The normalized spacial score (nSPS) is 27.8. The lowest BCUT2D eigenvalue weighted by molar-refractivity contribution is 0.195. The Morgan fingerprint density at radius 2 is 1.00 bits per heavy atom. The molecule has 4 unspecified atom stereocenters. The van der Waals surface area contributed by atoms with Crippen molar-refractivity contribution >= 4 is 0 Å². The van der Waals surface area contributed by atoms with E-state index in [0.717, 1.165) is 25.7 Å². The highest BCUT2D eigenvalue weighted by Gasteiger charge is 2.32. The summed E-state index contributed by atoms with van der Waals surface area (Å²) in [5.74, 6) is 1.34. The summed E-state index contributed by atoms with van der Waals surface area (Å²) in [5.41, 5.74) is 5.54. The van der Waals surface area contributed by atoms with Crippen molar-refractivity contribution in [1.82, 2.24) is 0 Å². The molecule has 0 heterocycles. The summed E-state index contributed by atoms with van der Waals surface area (Å²) in [4.78, 5) is 0. The fourth-order valence-electron chi connectivity index (χ4n) is 5.00. The molecular weight excluding hydrogens is 344 g/mol. The summed E-state index contributed by atoms with van der Waals surface area (Å²) in [6.45, 7) is 0.475. The number of allylic oxidation sites excluding steroid dienone is 4. The monoisotopic (exact) mass is 374 g/mol. The van der Waals surface area contributed by atoms with E-state index in [1.807, 2.05) is 0 Å². The second-order valence-electron chi connectivity index (χ2n) is 8.26. The standard InChI is InChI=1S/C26H30O2/c27-17-23-13-11-21(15-25(23)19-7-3-1-4-8-19)22-12-14-24(18-28)26(16-22)20-9-5-2-6-10-20/h1-12,23-28H,13-18H2. The van der Waals surface area contributed by atoms with Gasteiger partial charge in [0, 0.05) is 13.2 Å². The SMILES string of the molecule is OCC1CC=C(C2=CCC(CO)C(c3ccccc3)C2)CC1c1ccccc1. The van der Waals surface area contributed by atoms with Crippen LogP contribution in [0.2, 0.25) is 0 Å². The highest BCUT2D eigenvalue weighted by atomic mass is 16.3. The Morgan fingerprint density at radius 1 is 0.607 bits per heavy atom. The molecule has 2 aliphatic carbocycles. The van der Waals surface area contributed by atoms with E-state index in [1.165, 1.54) is 22.3 Å². The highest BCUT2D eigenvalue weighted by Crippen LogP contribution is 2.45. The smallest absolute Gasteiger partial charge is 0.0468 e. The zero-order valence-electron chi connectivity index (χ0n) is 16.4. The van der Waals surface area contributed by atoms with Crippen LogP contribution in [0.4, 0.5) is 0 Å². The number of hydrogen-bond donors (Lipinski definition) is 2.